The fourth-order valence-corrected chi connectivity index (χ4v) is 4.12. The molecule has 1 heterocycles. The number of nitrogens with zero attached hydrogens (tertiary/aromatic N) is 2. The first-order valence-corrected chi connectivity index (χ1v) is 9.26. The van der Waals surface area contributed by atoms with E-state index >= 15 is 0 Å². The van der Waals surface area contributed by atoms with Gasteiger partial charge in [-0.05, 0) is 56.8 Å². The number of hydrogen-bond acceptors (Lipinski definition) is 4. The zero-order valence-electron chi connectivity index (χ0n) is 14.4. The highest BCUT2D eigenvalue weighted by Gasteiger charge is 2.23. The molecule has 2 aromatic carbocycles. The van der Waals surface area contributed by atoms with E-state index in [0.717, 1.165) is 32.2 Å². The lowest BCUT2D eigenvalue weighted by Crippen LogP contribution is -2.29. The van der Waals surface area contributed by atoms with Crippen LogP contribution in [0.2, 0.25) is 0 Å². The first kappa shape index (κ1) is 17.1. The molecule has 0 aliphatic carbocycles. The molecule has 3 rings (SSSR count). The average molecular weight is 340 g/mol. The van der Waals surface area contributed by atoms with Gasteiger partial charge in [0.2, 0.25) is 0 Å². The number of likely N-dealkylation sites (N-methyl/N-ethyl adjacent to an activating group) is 1. The molecular weight excluding hydrogens is 316 g/mol. The summed E-state index contributed by atoms with van der Waals surface area (Å²) < 4.78 is 0. The van der Waals surface area contributed by atoms with Gasteiger partial charge >= 0.3 is 0 Å². The van der Waals surface area contributed by atoms with Crippen molar-refractivity contribution in [2.45, 2.75) is 29.1 Å². The summed E-state index contributed by atoms with van der Waals surface area (Å²) in [5.74, 6) is 0. The van der Waals surface area contributed by atoms with Crippen LogP contribution in [0.5, 0.6) is 0 Å². The molecule has 0 saturated heterocycles. The second-order valence-corrected chi connectivity index (χ2v) is 7.47. The minimum atomic E-state index is 0.641. The van der Waals surface area contributed by atoms with Crippen molar-refractivity contribution < 1.29 is 4.79 Å². The zero-order valence-corrected chi connectivity index (χ0v) is 15.2. The van der Waals surface area contributed by atoms with Crippen molar-refractivity contribution in [2.75, 3.05) is 32.1 Å². The van der Waals surface area contributed by atoms with Gasteiger partial charge in [-0.15, -0.1) is 0 Å². The fraction of sp³-hybridized carbons (Fsp3) is 0.350. The predicted octanol–water partition coefficient (Wildman–Crippen LogP) is 4.37. The first-order chi connectivity index (χ1) is 11.7. The Kier molecular flexibility index (Phi) is 5.59. The molecule has 1 aliphatic rings. The van der Waals surface area contributed by atoms with E-state index in [1.807, 2.05) is 11.8 Å². The summed E-state index contributed by atoms with van der Waals surface area (Å²) in [7, 11) is 4.23. The number of unbranched alkanes of at least 4 members (excludes halogenated alkanes) is 1. The fourth-order valence-electron chi connectivity index (χ4n) is 2.96. The molecule has 1 aliphatic heterocycles. The highest BCUT2D eigenvalue weighted by molar-refractivity contribution is 7.99. The lowest BCUT2D eigenvalue weighted by molar-refractivity contribution is -0.107. The Bertz CT molecular complexity index is 715. The van der Waals surface area contributed by atoms with Crippen LogP contribution in [-0.4, -0.2) is 38.4 Å². The van der Waals surface area contributed by atoms with Gasteiger partial charge in [-0.3, -0.25) is 0 Å². The van der Waals surface area contributed by atoms with Crippen LogP contribution in [-0.2, 0) is 11.2 Å². The number of carbonyl (C=O) groups is 1. The van der Waals surface area contributed by atoms with Crippen molar-refractivity contribution in [3.05, 3.63) is 48.0 Å². The van der Waals surface area contributed by atoms with E-state index in [9.17, 15) is 4.79 Å². The van der Waals surface area contributed by atoms with E-state index in [4.69, 9.17) is 0 Å². The molecule has 0 N–H and O–H groups in total. The number of carbonyl (C=O) groups excluding carboxylic acids is 1. The Morgan fingerprint density at radius 3 is 2.67 bits per heavy atom. The third kappa shape index (κ3) is 3.82. The largest absolute Gasteiger partial charge is 0.338 e. The number of anilines is 2. The summed E-state index contributed by atoms with van der Waals surface area (Å²) in [6.45, 7) is 1.99. The van der Waals surface area contributed by atoms with Gasteiger partial charge in [-0.2, -0.15) is 0 Å². The molecular formula is C20H24N2OS. The maximum atomic E-state index is 10.5. The lowest BCUT2D eigenvalue weighted by atomic mass is 10.1. The van der Waals surface area contributed by atoms with Crippen LogP contribution in [0.4, 0.5) is 11.4 Å². The van der Waals surface area contributed by atoms with E-state index in [1.165, 1.54) is 26.7 Å². The number of para-hydroxylation sites is 1. The molecule has 2 aromatic rings. The number of rotatable bonds is 7. The minimum absolute atomic E-state index is 0.641. The molecule has 0 unspecified atom stereocenters. The van der Waals surface area contributed by atoms with Gasteiger partial charge in [0.15, 0.2) is 0 Å². The van der Waals surface area contributed by atoms with Gasteiger partial charge in [0, 0.05) is 29.3 Å². The third-order valence-corrected chi connectivity index (χ3v) is 5.36. The van der Waals surface area contributed by atoms with Crippen molar-refractivity contribution in [3.8, 4) is 0 Å². The molecule has 0 bridgehead atoms. The summed E-state index contributed by atoms with van der Waals surface area (Å²) in [5, 5.41) is 0. The standard InChI is InChI=1S/C20H24N2OS/c1-21(2)12-13-22-17-8-3-4-9-19(17)24-20-15-16(7-5-6-14-23)10-11-18(20)22/h3-4,8-11,14-15H,5-7,12-13H2,1-2H3. The van der Waals surface area contributed by atoms with Gasteiger partial charge in [0.25, 0.3) is 0 Å². The smallest absolute Gasteiger partial charge is 0.120 e. The number of aldehydes is 1. The van der Waals surface area contributed by atoms with Crippen molar-refractivity contribution in [2.24, 2.45) is 0 Å². The number of aryl methyl sites for hydroxylation is 1. The lowest BCUT2D eigenvalue weighted by Gasteiger charge is -2.33. The Morgan fingerprint density at radius 2 is 1.88 bits per heavy atom. The van der Waals surface area contributed by atoms with Crippen LogP contribution >= 0.6 is 11.8 Å². The topological polar surface area (TPSA) is 23.6 Å². The Labute approximate surface area is 148 Å². The van der Waals surface area contributed by atoms with Crippen molar-refractivity contribution in [3.63, 3.8) is 0 Å². The second-order valence-electron chi connectivity index (χ2n) is 6.39. The molecule has 0 saturated carbocycles. The maximum Gasteiger partial charge on any atom is 0.120 e. The summed E-state index contributed by atoms with van der Waals surface area (Å²) in [5.41, 5.74) is 3.90. The third-order valence-electron chi connectivity index (χ3n) is 4.25. The first-order valence-electron chi connectivity index (χ1n) is 8.45. The van der Waals surface area contributed by atoms with Crippen LogP contribution in [0.3, 0.4) is 0 Å². The van der Waals surface area contributed by atoms with Crippen LogP contribution in [0, 0.1) is 0 Å². The van der Waals surface area contributed by atoms with E-state index in [0.29, 0.717) is 6.42 Å². The van der Waals surface area contributed by atoms with Crippen molar-refractivity contribution in [1.82, 2.24) is 4.90 Å². The molecule has 3 nitrogen and oxygen atoms in total. The summed E-state index contributed by atoms with van der Waals surface area (Å²) in [4.78, 5) is 17.8. The summed E-state index contributed by atoms with van der Waals surface area (Å²) >= 11 is 1.85. The summed E-state index contributed by atoms with van der Waals surface area (Å²) in [6, 6.07) is 15.4. The molecule has 0 amide bonds. The molecule has 4 heteroatoms. The minimum Gasteiger partial charge on any atom is -0.338 e. The van der Waals surface area contributed by atoms with Crippen LogP contribution < -0.4 is 4.90 Å². The van der Waals surface area contributed by atoms with Gasteiger partial charge in [0.1, 0.15) is 6.29 Å². The molecule has 0 atom stereocenters. The van der Waals surface area contributed by atoms with E-state index in [1.54, 1.807) is 0 Å². The predicted molar refractivity (Wildman–Crippen MR) is 102 cm³/mol. The van der Waals surface area contributed by atoms with Gasteiger partial charge in [-0.25, -0.2) is 0 Å². The molecule has 0 spiro atoms. The second kappa shape index (κ2) is 7.86. The molecule has 126 valence electrons. The molecule has 0 fully saturated rings. The van der Waals surface area contributed by atoms with Crippen molar-refractivity contribution >= 4 is 29.4 Å². The van der Waals surface area contributed by atoms with Gasteiger partial charge < -0.3 is 14.6 Å². The van der Waals surface area contributed by atoms with E-state index < -0.39 is 0 Å². The number of benzene rings is 2. The quantitative estimate of drug-likeness (QED) is 0.551. The van der Waals surface area contributed by atoms with Gasteiger partial charge in [-0.1, -0.05) is 30.0 Å². The number of fused-ring (bicyclic) bond motifs is 2. The average Bonchev–Trinajstić information content (AvgIpc) is 2.58. The zero-order chi connectivity index (χ0) is 16.9. The maximum absolute atomic E-state index is 10.5. The molecule has 0 radical (unpaired) electrons. The van der Waals surface area contributed by atoms with Crippen molar-refractivity contribution in [1.29, 1.82) is 0 Å². The SMILES string of the molecule is CN(C)CCN1c2ccccc2Sc2cc(CCCC=O)ccc21. The highest BCUT2D eigenvalue weighted by Crippen LogP contribution is 2.48. The summed E-state index contributed by atoms with van der Waals surface area (Å²) in [6.07, 6.45) is 3.54. The van der Waals surface area contributed by atoms with E-state index in [-0.39, 0.29) is 0 Å². The highest BCUT2D eigenvalue weighted by atomic mass is 32.2. The van der Waals surface area contributed by atoms with Crippen LogP contribution in [0.25, 0.3) is 0 Å². The Hall–Kier alpha value is -1.78. The van der Waals surface area contributed by atoms with Gasteiger partial charge in [0.05, 0.1) is 11.4 Å². The molecule has 24 heavy (non-hydrogen) atoms. The Morgan fingerprint density at radius 1 is 1.08 bits per heavy atom. The Balaban J connectivity index is 1.89. The van der Waals surface area contributed by atoms with Crippen LogP contribution in [0.15, 0.2) is 52.3 Å². The number of hydrogen-bond donors (Lipinski definition) is 0. The molecule has 0 aromatic heterocycles. The monoisotopic (exact) mass is 340 g/mol. The van der Waals surface area contributed by atoms with E-state index in [2.05, 4.69) is 66.4 Å². The van der Waals surface area contributed by atoms with Crippen LogP contribution in [0.1, 0.15) is 18.4 Å². The normalized spacial score (nSPS) is 12.9.